The molecular weight excluding hydrogens is 270 g/mol. The van der Waals surface area contributed by atoms with Crippen molar-refractivity contribution in [3.05, 3.63) is 28.5 Å². The van der Waals surface area contributed by atoms with Crippen LogP contribution in [0.15, 0.2) is 22.8 Å². The van der Waals surface area contributed by atoms with Crippen LogP contribution in [0.4, 0.5) is 5.82 Å². The van der Waals surface area contributed by atoms with Crippen molar-refractivity contribution in [3.63, 3.8) is 0 Å². The van der Waals surface area contributed by atoms with Crippen LogP contribution < -0.4 is 11.4 Å². The maximum Gasteiger partial charge on any atom is 0.351 e. The second-order valence-electron chi connectivity index (χ2n) is 4.61. The number of rotatable bonds is 2. The highest BCUT2D eigenvalue weighted by molar-refractivity contribution is 5.51. The minimum Gasteiger partial charge on any atom is -0.500 e. The average molecular weight is 283 g/mol. The lowest BCUT2D eigenvalue weighted by Crippen LogP contribution is -2.46. The average Bonchev–Trinajstić information content (AvgIpc) is 2.61. The van der Waals surface area contributed by atoms with Crippen LogP contribution >= 0.6 is 0 Å². The van der Waals surface area contributed by atoms with E-state index in [9.17, 15) is 24.9 Å². The number of nitrogens with zero attached hydrogens (tertiary/aromatic N) is 2. The number of ether oxygens (including phenoxy) is 1. The minimum absolute atomic E-state index is 0.0170. The Kier molecular flexibility index (Phi) is 3.36. The van der Waals surface area contributed by atoms with Crippen molar-refractivity contribution >= 4 is 11.8 Å². The molecule has 0 radical (unpaired) electrons. The summed E-state index contributed by atoms with van der Waals surface area (Å²) in [5.41, 5.74) is 2.60. The smallest absolute Gasteiger partial charge is 0.351 e. The van der Waals surface area contributed by atoms with Crippen LogP contribution in [-0.2, 0) is 9.53 Å². The van der Waals surface area contributed by atoms with Gasteiger partial charge in [0, 0.05) is 6.20 Å². The molecule has 20 heavy (non-hydrogen) atoms. The van der Waals surface area contributed by atoms with Crippen LogP contribution in [0.25, 0.3) is 0 Å². The van der Waals surface area contributed by atoms with Crippen molar-refractivity contribution in [2.45, 2.75) is 31.0 Å². The zero-order chi connectivity index (χ0) is 15.1. The molecule has 9 heteroatoms. The number of hydrogen-bond acceptors (Lipinski definition) is 8. The van der Waals surface area contributed by atoms with Crippen molar-refractivity contribution in [2.75, 3.05) is 5.73 Å². The second-order valence-corrected chi connectivity index (χ2v) is 4.61. The Labute approximate surface area is 112 Å². The fourth-order valence-electron chi connectivity index (χ4n) is 2.03. The Morgan fingerprint density at radius 3 is 2.85 bits per heavy atom. The summed E-state index contributed by atoms with van der Waals surface area (Å²) < 4.78 is 6.08. The largest absolute Gasteiger partial charge is 0.500 e. The first-order valence-corrected chi connectivity index (χ1v) is 5.63. The molecular formula is C11H13N3O6. The summed E-state index contributed by atoms with van der Waals surface area (Å²) in [6.45, 7) is 1.20. The van der Waals surface area contributed by atoms with Gasteiger partial charge in [-0.2, -0.15) is 4.98 Å². The molecule has 0 aromatic carbocycles. The predicted octanol–water partition coefficient (Wildman–Crippen LogP) is -1.89. The summed E-state index contributed by atoms with van der Waals surface area (Å²) in [6, 6.07) is 1.30. The molecule has 1 aromatic heterocycles. The van der Waals surface area contributed by atoms with E-state index in [4.69, 9.17) is 10.5 Å². The van der Waals surface area contributed by atoms with Gasteiger partial charge in [0.1, 0.15) is 17.5 Å². The van der Waals surface area contributed by atoms with Crippen LogP contribution in [0.5, 0.6) is 0 Å². The number of aliphatic hydroxyl groups excluding tert-OH is 2. The van der Waals surface area contributed by atoms with Crippen molar-refractivity contribution in [1.82, 2.24) is 9.55 Å². The molecule has 0 saturated carbocycles. The highest BCUT2D eigenvalue weighted by atomic mass is 16.6. The molecule has 0 spiro atoms. The number of hydrogen-bond donors (Lipinski definition) is 4. The first kappa shape index (κ1) is 14.2. The first-order chi connectivity index (χ1) is 9.28. The van der Waals surface area contributed by atoms with Crippen molar-refractivity contribution in [2.24, 2.45) is 0 Å². The molecule has 0 aliphatic carbocycles. The number of nitrogens with two attached hydrogens (primary N) is 1. The number of nitrogen functional groups attached to an aromatic ring is 1. The summed E-state index contributed by atoms with van der Waals surface area (Å²) in [5.74, 6) is 0.251. The van der Waals surface area contributed by atoms with Crippen molar-refractivity contribution in [3.8, 4) is 0 Å². The summed E-state index contributed by atoms with van der Waals surface area (Å²) in [5, 5.41) is 29.4. The third kappa shape index (κ3) is 2.08. The van der Waals surface area contributed by atoms with Gasteiger partial charge in [0.25, 0.3) is 0 Å². The van der Waals surface area contributed by atoms with Gasteiger partial charge in [-0.3, -0.25) is 4.57 Å². The van der Waals surface area contributed by atoms with Crippen LogP contribution in [-0.4, -0.2) is 48.6 Å². The number of aliphatic hydroxyl groups is 3. The van der Waals surface area contributed by atoms with Gasteiger partial charge in [-0.05, 0) is 13.0 Å². The maximum absolute atomic E-state index is 11.7. The Hall–Kier alpha value is -2.19. The van der Waals surface area contributed by atoms with E-state index < -0.39 is 35.5 Å². The molecule has 0 bridgehead atoms. The lowest BCUT2D eigenvalue weighted by atomic mass is 9.96. The summed E-state index contributed by atoms with van der Waals surface area (Å²) in [6.07, 6.45) is -3.24. The lowest BCUT2D eigenvalue weighted by Gasteiger charge is -2.27. The van der Waals surface area contributed by atoms with E-state index in [1.165, 1.54) is 25.1 Å². The Bertz CT molecular complexity index is 633. The monoisotopic (exact) mass is 283 g/mol. The van der Waals surface area contributed by atoms with Crippen LogP contribution in [0.1, 0.15) is 13.2 Å². The maximum atomic E-state index is 11.7. The molecule has 1 fully saturated rings. The number of aromatic nitrogens is 2. The molecule has 1 aliphatic rings. The molecule has 5 N–H and O–H groups in total. The highest BCUT2D eigenvalue weighted by Crippen LogP contribution is 2.39. The van der Waals surface area contributed by atoms with Gasteiger partial charge in [-0.15, -0.1) is 0 Å². The van der Waals surface area contributed by atoms with Crippen molar-refractivity contribution < 1.29 is 24.9 Å². The molecule has 9 nitrogen and oxygen atoms in total. The van der Waals surface area contributed by atoms with E-state index >= 15 is 0 Å². The number of carbonyl (C=O) groups excluding carboxylic acids is 1. The molecule has 108 valence electrons. The first-order valence-electron chi connectivity index (χ1n) is 5.63. The third-order valence-electron chi connectivity index (χ3n) is 3.14. The second kappa shape index (κ2) is 4.73. The van der Waals surface area contributed by atoms with E-state index in [0.717, 1.165) is 4.57 Å². The molecule has 2 rings (SSSR count). The molecule has 4 atom stereocenters. The quantitative estimate of drug-likeness (QED) is 0.363. The van der Waals surface area contributed by atoms with Crippen molar-refractivity contribution in [1.29, 1.82) is 0 Å². The van der Waals surface area contributed by atoms with Gasteiger partial charge in [-0.25, -0.2) is 9.59 Å². The van der Waals surface area contributed by atoms with Gasteiger partial charge < -0.3 is 25.8 Å². The lowest BCUT2D eigenvalue weighted by molar-refractivity contribution is -0.0972. The van der Waals surface area contributed by atoms with Gasteiger partial charge in [0.05, 0.1) is 0 Å². The fraction of sp³-hybridized carbons (Fsp3) is 0.455. The Morgan fingerprint density at radius 2 is 2.30 bits per heavy atom. The van der Waals surface area contributed by atoms with E-state index in [0.29, 0.717) is 0 Å². The van der Waals surface area contributed by atoms with Gasteiger partial charge >= 0.3 is 5.69 Å². The molecule has 1 saturated heterocycles. The van der Waals surface area contributed by atoms with E-state index in [-0.39, 0.29) is 5.82 Å². The van der Waals surface area contributed by atoms with Gasteiger partial charge in [0.2, 0.25) is 5.76 Å². The molecule has 1 unspecified atom stereocenters. The zero-order valence-corrected chi connectivity index (χ0v) is 10.4. The SMILES string of the molecule is C[C@@]1(O)[C@H](O)C(C(O)=C=O)O[C@H]1n1ccc(N)nc1=O. The summed E-state index contributed by atoms with van der Waals surface area (Å²) in [4.78, 5) is 25.6. The molecule has 1 aromatic rings. The highest BCUT2D eigenvalue weighted by Gasteiger charge is 2.55. The minimum atomic E-state index is -1.93. The molecule has 0 amide bonds. The predicted molar refractivity (Wildman–Crippen MR) is 65.3 cm³/mol. The van der Waals surface area contributed by atoms with E-state index in [2.05, 4.69) is 4.98 Å². The zero-order valence-electron chi connectivity index (χ0n) is 10.4. The van der Waals surface area contributed by atoms with E-state index in [1.807, 2.05) is 0 Å². The van der Waals surface area contributed by atoms with Crippen LogP contribution in [0.2, 0.25) is 0 Å². The van der Waals surface area contributed by atoms with E-state index in [1.54, 1.807) is 0 Å². The Morgan fingerprint density at radius 1 is 1.65 bits per heavy atom. The van der Waals surface area contributed by atoms with Crippen LogP contribution in [0.3, 0.4) is 0 Å². The number of anilines is 1. The normalized spacial score (nSPS) is 32.9. The van der Waals surface area contributed by atoms with Crippen LogP contribution in [0, 0.1) is 0 Å². The van der Waals surface area contributed by atoms with Gasteiger partial charge in [0.15, 0.2) is 18.3 Å². The third-order valence-corrected chi connectivity index (χ3v) is 3.14. The molecule has 2 heterocycles. The summed E-state index contributed by atoms with van der Waals surface area (Å²) >= 11 is 0. The summed E-state index contributed by atoms with van der Waals surface area (Å²) in [7, 11) is 0. The Balaban J connectivity index is 2.47. The van der Waals surface area contributed by atoms with Gasteiger partial charge in [-0.1, -0.05) is 0 Å². The molecule has 1 aliphatic heterocycles. The fourth-order valence-corrected chi connectivity index (χ4v) is 2.03. The topological polar surface area (TPSA) is 148 Å². The standard InChI is InChI=1S/C11H13N3O6/c1-11(19)8(17)7(5(16)4-15)20-9(11)14-3-2-6(12)13-10(14)18/h2-3,7-9,16-17,19H,1H3,(H2,12,13,18)/t7?,8-,9-,11-/m1/s1.